The van der Waals surface area contributed by atoms with Crippen molar-refractivity contribution in [1.82, 2.24) is 10.6 Å². The van der Waals surface area contributed by atoms with Gasteiger partial charge >= 0.3 is 5.97 Å². The molecule has 6 nitrogen and oxygen atoms in total. The van der Waals surface area contributed by atoms with Crippen LogP contribution in [0.15, 0.2) is 60.2 Å². The predicted octanol–water partition coefficient (Wildman–Crippen LogP) is 4.61. The van der Waals surface area contributed by atoms with Crippen molar-refractivity contribution < 1.29 is 19.4 Å². The molecular formula is C28H36N2O4. The molecule has 0 bridgehead atoms. The number of aryl methyl sites for hydroxylation is 1. The lowest BCUT2D eigenvalue weighted by molar-refractivity contribution is -0.133. The summed E-state index contributed by atoms with van der Waals surface area (Å²) in [7, 11) is 0. The number of carbonyl (C=O) groups excluding carboxylic acids is 1. The first-order valence-corrected chi connectivity index (χ1v) is 12.1. The van der Waals surface area contributed by atoms with Gasteiger partial charge in [0.05, 0.1) is 18.2 Å². The molecule has 1 aliphatic carbocycles. The number of hydrogen-bond acceptors (Lipinski definition) is 4. The third-order valence-electron chi connectivity index (χ3n) is 6.44. The van der Waals surface area contributed by atoms with Gasteiger partial charge in [0.2, 0.25) is 5.91 Å². The summed E-state index contributed by atoms with van der Waals surface area (Å²) in [6, 6.07) is 16.0. The summed E-state index contributed by atoms with van der Waals surface area (Å²) in [6.07, 6.45) is 3.11. The van der Waals surface area contributed by atoms with Crippen LogP contribution in [0.1, 0.15) is 51.2 Å². The van der Waals surface area contributed by atoms with E-state index in [4.69, 9.17) is 4.74 Å². The highest BCUT2D eigenvalue weighted by atomic mass is 16.5. The number of carboxylic acid groups (broad SMARTS) is 1. The number of aliphatic carboxylic acids is 1. The number of nitrogens with one attached hydrogen (secondary N) is 2. The molecular weight excluding hydrogens is 428 g/mol. The topological polar surface area (TPSA) is 87.7 Å². The Bertz CT molecular complexity index is 1010. The lowest BCUT2D eigenvalue weighted by Gasteiger charge is -2.38. The van der Waals surface area contributed by atoms with Crippen molar-refractivity contribution in [3.05, 3.63) is 71.3 Å². The van der Waals surface area contributed by atoms with E-state index in [0.717, 1.165) is 18.4 Å². The van der Waals surface area contributed by atoms with Crippen molar-refractivity contribution in [2.75, 3.05) is 0 Å². The molecule has 0 aliphatic heterocycles. The summed E-state index contributed by atoms with van der Waals surface area (Å²) in [5.74, 6) is -1.11. The van der Waals surface area contributed by atoms with Crippen LogP contribution in [-0.2, 0) is 20.9 Å². The first-order valence-electron chi connectivity index (χ1n) is 12.1. The largest absolute Gasteiger partial charge is 0.478 e. The van der Waals surface area contributed by atoms with Crippen molar-refractivity contribution in [1.29, 1.82) is 0 Å². The van der Waals surface area contributed by atoms with Gasteiger partial charge in [-0.2, -0.15) is 0 Å². The van der Waals surface area contributed by atoms with Crippen molar-refractivity contribution in [2.45, 2.75) is 77.8 Å². The van der Waals surface area contributed by atoms with Gasteiger partial charge in [-0.05, 0) is 54.5 Å². The first kappa shape index (κ1) is 25.7. The fraction of sp³-hybridized carbons (Fsp3) is 0.429. The summed E-state index contributed by atoms with van der Waals surface area (Å²) in [4.78, 5) is 23.9. The molecule has 0 radical (unpaired) electrons. The zero-order valence-corrected chi connectivity index (χ0v) is 20.5. The first-order chi connectivity index (χ1) is 16.3. The smallest absolute Gasteiger partial charge is 0.331 e. The summed E-state index contributed by atoms with van der Waals surface area (Å²) in [5, 5.41) is 16.2. The third-order valence-corrected chi connectivity index (χ3v) is 6.44. The second kappa shape index (κ2) is 12.0. The van der Waals surface area contributed by atoms with Gasteiger partial charge in [0.1, 0.15) is 0 Å². The minimum atomic E-state index is -0.950. The second-order valence-corrected chi connectivity index (χ2v) is 8.97. The number of carboxylic acids is 1. The lowest BCUT2D eigenvalue weighted by atomic mass is 9.87. The molecule has 3 rings (SSSR count). The number of rotatable bonds is 10. The molecule has 1 aliphatic rings. The number of benzene rings is 2. The fourth-order valence-corrected chi connectivity index (χ4v) is 4.59. The van der Waals surface area contributed by atoms with Crippen LogP contribution in [0.25, 0.3) is 11.1 Å². The van der Waals surface area contributed by atoms with Gasteiger partial charge < -0.3 is 20.5 Å². The molecule has 3 N–H and O–H groups in total. The van der Waals surface area contributed by atoms with Gasteiger partial charge in [-0.1, -0.05) is 62.4 Å². The number of ether oxygens (including phenoxy) is 1. The molecule has 3 atom stereocenters. The van der Waals surface area contributed by atoms with Gasteiger partial charge in [-0.3, -0.25) is 4.79 Å². The van der Waals surface area contributed by atoms with E-state index in [1.165, 1.54) is 23.6 Å². The van der Waals surface area contributed by atoms with Gasteiger partial charge in [0.25, 0.3) is 0 Å². The van der Waals surface area contributed by atoms with Gasteiger partial charge in [-0.25, -0.2) is 4.79 Å². The van der Waals surface area contributed by atoms with Crippen molar-refractivity contribution >= 4 is 11.9 Å². The average Bonchev–Trinajstić information content (AvgIpc) is 2.82. The summed E-state index contributed by atoms with van der Waals surface area (Å²) in [5.41, 5.74) is 4.95. The second-order valence-electron chi connectivity index (χ2n) is 8.97. The predicted molar refractivity (Wildman–Crippen MR) is 134 cm³/mol. The van der Waals surface area contributed by atoms with Crippen molar-refractivity contribution in [3.63, 3.8) is 0 Å². The van der Waals surface area contributed by atoms with Crippen molar-refractivity contribution in [3.8, 4) is 11.1 Å². The molecule has 0 saturated carbocycles. The molecule has 6 heteroatoms. The molecule has 0 unspecified atom stereocenters. The van der Waals surface area contributed by atoms with Crippen LogP contribution in [-0.4, -0.2) is 41.3 Å². The maximum absolute atomic E-state index is 12.0. The molecule has 2 aromatic carbocycles. The van der Waals surface area contributed by atoms with Crippen LogP contribution >= 0.6 is 0 Å². The fourth-order valence-electron chi connectivity index (χ4n) is 4.59. The maximum Gasteiger partial charge on any atom is 0.331 e. The molecule has 0 fully saturated rings. The quantitative estimate of drug-likeness (QED) is 0.478. The maximum atomic E-state index is 12.0. The van der Waals surface area contributed by atoms with E-state index in [1.54, 1.807) is 6.08 Å². The summed E-state index contributed by atoms with van der Waals surface area (Å²) < 4.78 is 6.26. The minimum absolute atomic E-state index is 0.000478. The van der Waals surface area contributed by atoms with E-state index in [9.17, 15) is 14.7 Å². The van der Waals surface area contributed by atoms with Crippen LogP contribution in [0, 0.1) is 6.92 Å². The van der Waals surface area contributed by atoms with E-state index >= 15 is 0 Å². The molecule has 0 heterocycles. The normalized spacial score (nSPS) is 20.1. The van der Waals surface area contributed by atoms with Crippen LogP contribution in [0.3, 0.4) is 0 Å². The van der Waals surface area contributed by atoms with Crippen LogP contribution in [0.2, 0.25) is 0 Å². The highest BCUT2D eigenvalue weighted by Gasteiger charge is 2.37. The Labute approximate surface area is 202 Å². The Kier molecular flexibility index (Phi) is 9.02. The van der Waals surface area contributed by atoms with Crippen molar-refractivity contribution in [2.24, 2.45) is 0 Å². The van der Waals surface area contributed by atoms with Gasteiger partial charge in [0, 0.05) is 25.1 Å². The zero-order valence-electron chi connectivity index (χ0n) is 20.5. The number of hydrogen-bond donors (Lipinski definition) is 3. The highest BCUT2D eigenvalue weighted by molar-refractivity contribution is 5.87. The molecule has 0 aromatic heterocycles. The number of carbonyl (C=O) groups is 2. The Morgan fingerprint density at radius 1 is 1.12 bits per heavy atom. The minimum Gasteiger partial charge on any atom is -0.478 e. The molecule has 182 valence electrons. The lowest BCUT2D eigenvalue weighted by Crippen LogP contribution is -2.58. The Balaban J connectivity index is 1.80. The number of amides is 1. The van der Waals surface area contributed by atoms with Gasteiger partial charge in [-0.15, -0.1) is 0 Å². The SMILES string of the molecule is CCC(CC)O[C@@H]1C=C(C(=O)O)C[C@H](NCc2ccc(-c3ccccc3)c(C)c2)[C@H]1NC(C)=O. The zero-order chi connectivity index (χ0) is 24.7. The van der Waals surface area contributed by atoms with Gasteiger partial charge in [0.15, 0.2) is 0 Å². The third kappa shape index (κ3) is 6.55. The highest BCUT2D eigenvalue weighted by Crippen LogP contribution is 2.26. The molecule has 1 amide bonds. The summed E-state index contributed by atoms with van der Waals surface area (Å²) >= 11 is 0. The van der Waals surface area contributed by atoms with E-state index < -0.39 is 12.1 Å². The Morgan fingerprint density at radius 3 is 2.41 bits per heavy atom. The van der Waals surface area contributed by atoms with E-state index in [-0.39, 0.29) is 24.1 Å². The molecule has 0 saturated heterocycles. The van der Waals surface area contributed by atoms with Crippen LogP contribution in [0.5, 0.6) is 0 Å². The van der Waals surface area contributed by atoms with E-state index in [2.05, 4.69) is 47.9 Å². The standard InChI is InChI=1S/C28H36N2O4/c1-5-23(6-2)34-26-16-22(28(32)33)15-25(27(26)30-19(4)31)29-17-20-12-13-24(18(3)14-20)21-10-8-7-9-11-21/h7-14,16,23,25-27,29H,5-6,15,17H2,1-4H3,(H,30,31)(H,32,33)/t25-,26+,27+/m0/s1. The molecule has 34 heavy (non-hydrogen) atoms. The molecule has 2 aromatic rings. The monoisotopic (exact) mass is 464 g/mol. The summed E-state index contributed by atoms with van der Waals surface area (Å²) in [6.45, 7) is 8.22. The Hall–Kier alpha value is -2.96. The van der Waals surface area contributed by atoms with Crippen LogP contribution in [0.4, 0.5) is 0 Å². The average molecular weight is 465 g/mol. The van der Waals surface area contributed by atoms with Crippen LogP contribution < -0.4 is 10.6 Å². The van der Waals surface area contributed by atoms with E-state index in [1.807, 2.05) is 32.0 Å². The molecule has 0 spiro atoms. The van der Waals surface area contributed by atoms with E-state index in [0.29, 0.717) is 18.5 Å². The Morgan fingerprint density at radius 2 is 1.82 bits per heavy atom.